The monoisotopic (exact) mass is 387 g/mol. The van der Waals surface area contributed by atoms with E-state index in [-0.39, 0.29) is 12.6 Å². The van der Waals surface area contributed by atoms with Crippen molar-refractivity contribution in [3.05, 3.63) is 36.2 Å². The molecule has 1 aromatic carbocycles. The molecule has 0 radical (unpaired) electrons. The lowest BCUT2D eigenvalue weighted by Gasteiger charge is -2.27. The van der Waals surface area contributed by atoms with Gasteiger partial charge in [0.2, 0.25) is 5.88 Å². The van der Waals surface area contributed by atoms with Gasteiger partial charge in [-0.3, -0.25) is 0 Å². The van der Waals surface area contributed by atoms with E-state index in [4.69, 9.17) is 14.2 Å². The number of ether oxygens (including phenoxy) is 3. The first-order valence-corrected chi connectivity index (χ1v) is 9.13. The number of aryl methyl sites for hydroxylation is 1. The van der Waals surface area contributed by atoms with Crippen molar-refractivity contribution < 1.29 is 19.0 Å². The molecule has 3 rings (SSSR count). The number of carbonyl (C=O) groups excluding carboxylic acids is 1. The van der Waals surface area contributed by atoms with Crippen molar-refractivity contribution in [1.82, 2.24) is 15.3 Å². The molecule has 9 heteroatoms. The van der Waals surface area contributed by atoms with Crippen LogP contribution in [0.2, 0.25) is 0 Å². The second-order valence-corrected chi connectivity index (χ2v) is 6.25. The number of hydrogen-bond donors (Lipinski definition) is 2. The molecule has 2 heterocycles. The van der Waals surface area contributed by atoms with Crippen LogP contribution in [0, 0.1) is 6.92 Å². The number of hydrogen-bond acceptors (Lipinski definition) is 7. The molecule has 2 N–H and O–H groups in total. The van der Waals surface area contributed by atoms with Gasteiger partial charge in [0.15, 0.2) is 0 Å². The topological polar surface area (TPSA) is 97.8 Å². The Morgan fingerprint density at radius 3 is 2.86 bits per heavy atom. The van der Waals surface area contributed by atoms with Gasteiger partial charge in [-0.25, -0.2) is 14.8 Å². The number of rotatable bonds is 7. The average molecular weight is 387 g/mol. The van der Waals surface area contributed by atoms with Crippen LogP contribution in [0.25, 0.3) is 0 Å². The Morgan fingerprint density at radius 2 is 2.07 bits per heavy atom. The highest BCUT2D eigenvalue weighted by atomic mass is 16.5. The summed E-state index contributed by atoms with van der Waals surface area (Å²) in [7, 11) is 1.56. The molecule has 1 saturated heterocycles. The number of carbonyl (C=O) groups is 1. The van der Waals surface area contributed by atoms with Crippen molar-refractivity contribution in [3.8, 4) is 11.6 Å². The summed E-state index contributed by atoms with van der Waals surface area (Å²) in [6, 6.07) is 7.05. The summed E-state index contributed by atoms with van der Waals surface area (Å²) >= 11 is 0. The van der Waals surface area contributed by atoms with Crippen LogP contribution in [0.4, 0.5) is 16.3 Å². The fourth-order valence-electron chi connectivity index (χ4n) is 2.78. The lowest BCUT2D eigenvalue weighted by Crippen LogP contribution is -2.36. The van der Waals surface area contributed by atoms with E-state index in [9.17, 15) is 4.79 Å². The highest BCUT2D eigenvalue weighted by molar-refractivity contribution is 5.91. The zero-order valence-corrected chi connectivity index (χ0v) is 16.1. The molecule has 0 unspecified atom stereocenters. The van der Waals surface area contributed by atoms with Crippen LogP contribution in [0.5, 0.6) is 11.6 Å². The van der Waals surface area contributed by atoms with Crippen molar-refractivity contribution in [2.24, 2.45) is 0 Å². The molecule has 0 bridgehead atoms. The predicted octanol–water partition coefficient (Wildman–Crippen LogP) is 1.83. The average Bonchev–Trinajstić information content (AvgIpc) is 2.72. The van der Waals surface area contributed by atoms with Crippen LogP contribution < -0.4 is 25.0 Å². The third-order valence-corrected chi connectivity index (χ3v) is 4.20. The number of urea groups is 1. The molecule has 1 aliphatic heterocycles. The van der Waals surface area contributed by atoms with Gasteiger partial charge in [-0.1, -0.05) is 6.07 Å². The molecular formula is C19H25N5O4. The molecule has 1 aliphatic rings. The minimum Gasteiger partial charge on any atom is -0.495 e. The summed E-state index contributed by atoms with van der Waals surface area (Å²) < 4.78 is 16.2. The van der Waals surface area contributed by atoms with Gasteiger partial charge in [0.05, 0.1) is 32.6 Å². The zero-order valence-electron chi connectivity index (χ0n) is 16.1. The largest absolute Gasteiger partial charge is 0.495 e. The van der Waals surface area contributed by atoms with Gasteiger partial charge in [-0.05, 0) is 24.6 Å². The van der Waals surface area contributed by atoms with Crippen molar-refractivity contribution >= 4 is 17.5 Å². The first-order chi connectivity index (χ1) is 13.7. The van der Waals surface area contributed by atoms with Gasteiger partial charge in [0, 0.05) is 19.2 Å². The van der Waals surface area contributed by atoms with Crippen LogP contribution >= 0.6 is 0 Å². The SMILES string of the molecule is COc1ccc(C)cc1NC(=O)NCCOc1cc(N2CCOCC2)ncn1. The Bertz CT molecular complexity index is 796. The van der Waals surface area contributed by atoms with E-state index in [1.165, 1.54) is 6.33 Å². The number of morpholine rings is 1. The standard InChI is InChI=1S/C19H25N5O4/c1-14-3-4-16(26-2)15(11-14)23-19(25)20-5-8-28-18-12-17(21-13-22-18)24-6-9-27-10-7-24/h3-4,11-13H,5-10H2,1-2H3,(H2,20,23,25). The van der Waals surface area contributed by atoms with E-state index in [0.29, 0.717) is 37.1 Å². The lowest BCUT2D eigenvalue weighted by atomic mass is 10.2. The molecule has 9 nitrogen and oxygen atoms in total. The molecular weight excluding hydrogens is 362 g/mol. The summed E-state index contributed by atoms with van der Waals surface area (Å²) in [5.41, 5.74) is 1.64. The number of amides is 2. The van der Waals surface area contributed by atoms with Gasteiger partial charge < -0.3 is 29.7 Å². The second kappa shape index (κ2) is 9.75. The van der Waals surface area contributed by atoms with Crippen molar-refractivity contribution in [2.75, 3.05) is 56.8 Å². The van der Waals surface area contributed by atoms with E-state index < -0.39 is 0 Å². The molecule has 0 spiro atoms. The zero-order chi connectivity index (χ0) is 19.8. The van der Waals surface area contributed by atoms with Crippen LogP contribution in [0.1, 0.15) is 5.56 Å². The third-order valence-electron chi connectivity index (χ3n) is 4.20. The third kappa shape index (κ3) is 5.46. The molecule has 2 amide bonds. The highest BCUT2D eigenvalue weighted by Crippen LogP contribution is 2.24. The smallest absolute Gasteiger partial charge is 0.319 e. The fourth-order valence-corrected chi connectivity index (χ4v) is 2.78. The predicted molar refractivity (Wildman–Crippen MR) is 105 cm³/mol. The number of anilines is 2. The number of nitrogens with zero attached hydrogens (tertiary/aromatic N) is 3. The molecule has 1 fully saturated rings. The summed E-state index contributed by atoms with van der Waals surface area (Å²) in [6.07, 6.45) is 1.48. The number of benzene rings is 1. The number of nitrogens with one attached hydrogen (secondary N) is 2. The van der Waals surface area contributed by atoms with Gasteiger partial charge in [-0.15, -0.1) is 0 Å². The van der Waals surface area contributed by atoms with Gasteiger partial charge in [-0.2, -0.15) is 0 Å². The molecule has 0 aliphatic carbocycles. The summed E-state index contributed by atoms with van der Waals surface area (Å²) in [6.45, 7) is 5.52. The Morgan fingerprint density at radius 1 is 1.25 bits per heavy atom. The molecule has 28 heavy (non-hydrogen) atoms. The van der Waals surface area contributed by atoms with Gasteiger partial charge in [0.25, 0.3) is 0 Å². The maximum atomic E-state index is 12.1. The highest BCUT2D eigenvalue weighted by Gasteiger charge is 2.13. The van der Waals surface area contributed by atoms with E-state index in [1.54, 1.807) is 13.2 Å². The maximum absolute atomic E-state index is 12.1. The van der Waals surface area contributed by atoms with Gasteiger partial charge in [0.1, 0.15) is 24.5 Å². The fraction of sp³-hybridized carbons (Fsp3) is 0.421. The maximum Gasteiger partial charge on any atom is 0.319 e. The Hall–Kier alpha value is -3.07. The molecule has 2 aromatic rings. The van der Waals surface area contributed by atoms with Crippen molar-refractivity contribution in [3.63, 3.8) is 0 Å². The van der Waals surface area contributed by atoms with E-state index in [0.717, 1.165) is 24.5 Å². The number of methoxy groups -OCH3 is 1. The van der Waals surface area contributed by atoms with E-state index in [2.05, 4.69) is 25.5 Å². The van der Waals surface area contributed by atoms with Crippen LogP contribution in [-0.4, -0.2) is 62.6 Å². The van der Waals surface area contributed by atoms with Gasteiger partial charge >= 0.3 is 6.03 Å². The number of aromatic nitrogens is 2. The van der Waals surface area contributed by atoms with Crippen molar-refractivity contribution in [2.45, 2.75) is 6.92 Å². The van der Waals surface area contributed by atoms with Crippen molar-refractivity contribution in [1.29, 1.82) is 0 Å². The summed E-state index contributed by atoms with van der Waals surface area (Å²) in [5, 5.41) is 5.53. The Balaban J connectivity index is 1.44. The van der Waals surface area contributed by atoms with Crippen LogP contribution in [0.15, 0.2) is 30.6 Å². The second-order valence-electron chi connectivity index (χ2n) is 6.25. The first-order valence-electron chi connectivity index (χ1n) is 9.13. The minimum atomic E-state index is -0.329. The quantitative estimate of drug-likeness (QED) is 0.700. The normalized spacial score (nSPS) is 13.7. The molecule has 0 atom stereocenters. The summed E-state index contributed by atoms with van der Waals surface area (Å²) in [5.74, 6) is 1.89. The molecule has 1 aromatic heterocycles. The first kappa shape index (κ1) is 19.7. The van der Waals surface area contributed by atoms with Crippen LogP contribution in [0.3, 0.4) is 0 Å². The minimum absolute atomic E-state index is 0.290. The Labute approximate surface area is 164 Å². The van der Waals surface area contributed by atoms with Crippen LogP contribution in [-0.2, 0) is 4.74 Å². The molecule has 150 valence electrons. The molecule has 0 saturated carbocycles. The lowest BCUT2D eigenvalue weighted by molar-refractivity contribution is 0.122. The van der Waals surface area contributed by atoms with E-state index >= 15 is 0 Å². The van der Waals surface area contributed by atoms with E-state index in [1.807, 2.05) is 25.1 Å². The Kier molecular flexibility index (Phi) is 6.85. The summed E-state index contributed by atoms with van der Waals surface area (Å²) in [4.78, 5) is 22.6.